The maximum atomic E-state index is 5.51. The maximum absolute atomic E-state index is 5.51. The Kier molecular flexibility index (Phi) is 7.87. The summed E-state index contributed by atoms with van der Waals surface area (Å²) in [6.45, 7) is 14.1. The number of thioether (sulfide) groups is 1. The summed E-state index contributed by atoms with van der Waals surface area (Å²) >= 11 is 7.56. The van der Waals surface area contributed by atoms with Crippen molar-refractivity contribution in [2.75, 3.05) is 80.6 Å². The van der Waals surface area contributed by atoms with Gasteiger partial charge in [0.15, 0.2) is 5.11 Å². The van der Waals surface area contributed by atoms with Crippen LogP contribution < -0.4 is 15.5 Å². The van der Waals surface area contributed by atoms with Crippen LogP contribution in [-0.4, -0.2) is 90.3 Å². The van der Waals surface area contributed by atoms with Gasteiger partial charge in [-0.05, 0) is 55.5 Å². The molecule has 2 aliphatic rings. The summed E-state index contributed by atoms with van der Waals surface area (Å²) in [5, 5.41) is 8.55. The number of likely N-dealkylation sites (N-methyl/N-ethyl adjacent to an activating group) is 1. The zero-order valence-electron chi connectivity index (χ0n) is 18.7. The SMILES string of the molecule is CCN1CCN(c2cc(C)c3cc(NC(=S)NCCN4CCSCC4)ccc3n2)CC1. The van der Waals surface area contributed by atoms with Gasteiger partial charge in [-0.25, -0.2) is 4.98 Å². The van der Waals surface area contributed by atoms with Crippen molar-refractivity contribution in [1.82, 2.24) is 20.1 Å². The molecule has 2 aliphatic heterocycles. The van der Waals surface area contributed by atoms with Crippen LogP contribution in [0.5, 0.6) is 0 Å². The molecule has 0 saturated carbocycles. The van der Waals surface area contributed by atoms with Gasteiger partial charge in [-0.1, -0.05) is 6.92 Å². The number of rotatable bonds is 6. The Morgan fingerprint density at radius 2 is 1.84 bits per heavy atom. The number of hydrogen-bond acceptors (Lipinski definition) is 6. The van der Waals surface area contributed by atoms with Crippen LogP contribution in [0.1, 0.15) is 12.5 Å². The average molecular weight is 459 g/mol. The van der Waals surface area contributed by atoms with E-state index in [-0.39, 0.29) is 0 Å². The molecule has 0 bridgehead atoms. The molecule has 0 aliphatic carbocycles. The molecule has 2 fully saturated rings. The van der Waals surface area contributed by atoms with Crippen LogP contribution >= 0.6 is 24.0 Å². The molecule has 2 saturated heterocycles. The molecule has 1 aromatic carbocycles. The van der Waals surface area contributed by atoms with E-state index >= 15 is 0 Å². The van der Waals surface area contributed by atoms with Crippen LogP contribution in [0.3, 0.4) is 0 Å². The van der Waals surface area contributed by atoms with Crippen molar-refractivity contribution in [2.24, 2.45) is 0 Å². The number of aromatic nitrogens is 1. The van der Waals surface area contributed by atoms with E-state index in [1.54, 1.807) is 0 Å². The first-order valence-corrected chi connectivity index (χ1v) is 12.9. The molecule has 6 nitrogen and oxygen atoms in total. The molecular weight excluding hydrogens is 424 g/mol. The Bertz CT molecular complexity index is 891. The minimum atomic E-state index is 0.682. The Hall–Kier alpha value is -1.61. The van der Waals surface area contributed by atoms with Crippen molar-refractivity contribution in [2.45, 2.75) is 13.8 Å². The number of benzene rings is 1. The minimum Gasteiger partial charge on any atom is -0.361 e. The summed E-state index contributed by atoms with van der Waals surface area (Å²) < 4.78 is 0. The lowest BCUT2D eigenvalue weighted by Crippen LogP contribution is -2.46. The number of pyridine rings is 1. The quantitative estimate of drug-likeness (QED) is 0.641. The number of nitrogens with zero attached hydrogens (tertiary/aromatic N) is 4. The summed E-state index contributed by atoms with van der Waals surface area (Å²) in [7, 11) is 0. The molecule has 8 heteroatoms. The predicted octanol–water partition coefficient (Wildman–Crippen LogP) is 3.02. The molecule has 0 amide bonds. The molecule has 0 unspecified atom stereocenters. The highest BCUT2D eigenvalue weighted by molar-refractivity contribution is 7.99. The van der Waals surface area contributed by atoms with Crippen molar-refractivity contribution in [1.29, 1.82) is 0 Å². The highest BCUT2D eigenvalue weighted by Gasteiger charge is 2.18. The second-order valence-corrected chi connectivity index (χ2v) is 9.92. The minimum absolute atomic E-state index is 0.682. The standard InChI is InChI=1S/C23H34N6S2/c1-3-27-8-10-29(11-9-27)22-16-18(2)20-17-19(4-5-21(20)26-22)25-23(30)24-6-7-28-12-14-31-15-13-28/h4-5,16-17H,3,6-15H2,1-2H3,(H2,24,25,30). The second kappa shape index (κ2) is 10.8. The number of aryl methyl sites for hydroxylation is 1. The van der Waals surface area contributed by atoms with Gasteiger partial charge in [-0.15, -0.1) is 0 Å². The molecule has 0 radical (unpaired) electrons. The van der Waals surface area contributed by atoms with Gasteiger partial charge in [0, 0.05) is 74.9 Å². The van der Waals surface area contributed by atoms with Crippen molar-refractivity contribution in [3.63, 3.8) is 0 Å². The van der Waals surface area contributed by atoms with E-state index in [0.717, 1.165) is 62.8 Å². The second-order valence-electron chi connectivity index (χ2n) is 8.29. The van der Waals surface area contributed by atoms with E-state index < -0.39 is 0 Å². The first-order valence-electron chi connectivity index (χ1n) is 11.4. The fourth-order valence-corrected chi connectivity index (χ4v) is 5.44. The Morgan fingerprint density at radius 3 is 2.58 bits per heavy atom. The Morgan fingerprint density at radius 1 is 1.06 bits per heavy atom. The molecule has 0 atom stereocenters. The van der Waals surface area contributed by atoms with E-state index in [4.69, 9.17) is 17.2 Å². The van der Waals surface area contributed by atoms with E-state index in [1.807, 2.05) is 11.8 Å². The van der Waals surface area contributed by atoms with Gasteiger partial charge in [0.1, 0.15) is 5.82 Å². The first kappa shape index (κ1) is 22.6. The van der Waals surface area contributed by atoms with E-state index in [1.165, 1.54) is 35.5 Å². The number of thiocarbonyl (C=S) groups is 1. The average Bonchev–Trinajstić information content (AvgIpc) is 2.80. The van der Waals surface area contributed by atoms with Gasteiger partial charge in [0.25, 0.3) is 0 Å². The summed E-state index contributed by atoms with van der Waals surface area (Å²) in [5.41, 5.74) is 3.30. The van der Waals surface area contributed by atoms with Crippen molar-refractivity contribution in [3.05, 3.63) is 29.8 Å². The largest absolute Gasteiger partial charge is 0.361 e. The van der Waals surface area contributed by atoms with E-state index in [9.17, 15) is 0 Å². The van der Waals surface area contributed by atoms with Crippen molar-refractivity contribution < 1.29 is 0 Å². The number of nitrogens with one attached hydrogen (secondary N) is 2. The smallest absolute Gasteiger partial charge is 0.170 e. The van der Waals surface area contributed by atoms with Gasteiger partial charge >= 0.3 is 0 Å². The highest BCUT2D eigenvalue weighted by atomic mass is 32.2. The predicted molar refractivity (Wildman–Crippen MR) is 139 cm³/mol. The van der Waals surface area contributed by atoms with E-state index in [0.29, 0.717) is 5.11 Å². The normalized spacial score (nSPS) is 18.3. The van der Waals surface area contributed by atoms with Gasteiger partial charge in [0.05, 0.1) is 5.52 Å². The number of fused-ring (bicyclic) bond motifs is 1. The lowest BCUT2D eigenvalue weighted by Gasteiger charge is -2.35. The van der Waals surface area contributed by atoms with E-state index in [2.05, 4.69) is 63.4 Å². The highest BCUT2D eigenvalue weighted by Crippen LogP contribution is 2.26. The summed E-state index contributed by atoms with van der Waals surface area (Å²) in [5.74, 6) is 3.57. The molecule has 1 aromatic heterocycles. The topological polar surface area (TPSA) is 46.7 Å². The Labute approximate surface area is 195 Å². The van der Waals surface area contributed by atoms with Crippen LogP contribution in [0.15, 0.2) is 24.3 Å². The molecular formula is C23H34N6S2. The molecule has 4 rings (SSSR count). The third kappa shape index (κ3) is 6.00. The van der Waals surface area contributed by atoms with Crippen molar-refractivity contribution in [3.8, 4) is 0 Å². The molecule has 31 heavy (non-hydrogen) atoms. The number of piperazine rings is 1. The molecule has 2 N–H and O–H groups in total. The van der Waals surface area contributed by atoms with Gasteiger partial charge in [-0.2, -0.15) is 11.8 Å². The molecule has 2 aromatic rings. The van der Waals surface area contributed by atoms with Gasteiger partial charge < -0.3 is 20.4 Å². The summed E-state index contributed by atoms with van der Waals surface area (Å²) in [6.07, 6.45) is 0. The van der Waals surface area contributed by atoms with Crippen LogP contribution in [-0.2, 0) is 0 Å². The lowest BCUT2D eigenvalue weighted by atomic mass is 10.1. The third-order valence-corrected chi connectivity index (χ3v) is 7.41. The molecule has 168 valence electrons. The van der Waals surface area contributed by atoms with Crippen LogP contribution in [0.4, 0.5) is 11.5 Å². The molecule has 3 heterocycles. The maximum Gasteiger partial charge on any atom is 0.170 e. The lowest BCUT2D eigenvalue weighted by molar-refractivity contribution is 0.270. The van der Waals surface area contributed by atoms with Gasteiger partial charge in [0.2, 0.25) is 0 Å². The van der Waals surface area contributed by atoms with Crippen LogP contribution in [0.25, 0.3) is 10.9 Å². The first-order chi connectivity index (χ1) is 15.1. The van der Waals surface area contributed by atoms with Crippen LogP contribution in [0, 0.1) is 6.92 Å². The zero-order chi connectivity index (χ0) is 21.6. The Balaban J connectivity index is 1.35. The van der Waals surface area contributed by atoms with Gasteiger partial charge in [-0.3, -0.25) is 4.90 Å². The van der Waals surface area contributed by atoms with Crippen LogP contribution in [0.2, 0.25) is 0 Å². The summed E-state index contributed by atoms with van der Waals surface area (Å²) in [6, 6.07) is 8.56. The monoisotopic (exact) mass is 458 g/mol. The fourth-order valence-electron chi connectivity index (χ4n) is 4.24. The fraction of sp³-hybridized carbons (Fsp3) is 0.565. The summed E-state index contributed by atoms with van der Waals surface area (Å²) in [4.78, 5) is 12.4. The van der Waals surface area contributed by atoms with Crippen molar-refractivity contribution >= 4 is 51.5 Å². The number of hydrogen-bond donors (Lipinski definition) is 2. The zero-order valence-corrected chi connectivity index (χ0v) is 20.3. The molecule has 0 spiro atoms. The number of anilines is 2. The third-order valence-electron chi connectivity index (χ3n) is 6.22.